The highest BCUT2D eigenvalue weighted by molar-refractivity contribution is 5.78. The lowest BCUT2D eigenvalue weighted by Crippen LogP contribution is -2.74. The SMILES string of the molecule is C[C@@H](N)CC(=O)N[C@H](CC(=O)OCc1ccc(CCC(F)(F)C(F)(F)C(F)(F)C(F)(F)C(F)(F)C(F)(F)C(F)(F)C(F)(F)F)cc1)Cc1ccccc1.O=C(O)C(F)(F)F. The molecule has 0 saturated carbocycles. The van der Waals surface area contributed by atoms with E-state index >= 15 is 0 Å². The number of rotatable bonds is 18. The van der Waals surface area contributed by atoms with Gasteiger partial charge in [0.15, 0.2) is 0 Å². The van der Waals surface area contributed by atoms with Crippen LogP contribution in [0.2, 0.25) is 0 Å². The van der Waals surface area contributed by atoms with E-state index in [0.29, 0.717) is 0 Å². The molecule has 0 fully saturated rings. The van der Waals surface area contributed by atoms with Crippen molar-refractivity contribution in [3.8, 4) is 0 Å². The Morgan fingerprint density at radius 2 is 1.03 bits per heavy atom. The van der Waals surface area contributed by atoms with Gasteiger partial charge in [-0.2, -0.15) is 87.8 Å². The van der Waals surface area contributed by atoms with Crippen LogP contribution < -0.4 is 11.1 Å². The van der Waals surface area contributed by atoms with E-state index in [-0.39, 0.29) is 24.8 Å². The van der Waals surface area contributed by atoms with Gasteiger partial charge in [0.05, 0.1) is 6.42 Å². The molecule has 2 rings (SSSR count). The third-order valence-corrected chi connectivity index (χ3v) is 7.79. The number of hydrogen-bond acceptors (Lipinski definition) is 5. The van der Waals surface area contributed by atoms with E-state index in [1.54, 1.807) is 37.3 Å². The van der Waals surface area contributed by atoms with Crippen LogP contribution >= 0.6 is 0 Å². The van der Waals surface area contributed by atoms with E-state index in [1.165, 1.54) is 0 Å². The Morgan fingerprint density at radius 3 is 1.45 bits per heavy atom. The Kier molecular flexibility index (Phi) is 16.9. The van der Waals surface area contributed by atoms with E-state index in [9.17, 15) is 97.4 Å². The standard InChI is InChI=1S/C31H29F17N2O3.C2HF3O2/c1-17(49)13-22(51)50-21(14-19-5-3-2-4-6-19)15-23(52)53-16-20-9-7-18(8-10-20)11-12-24(32,33)25(34,35)26(36,37)27(38,39)28(40,41)29(42,43)30(44,45)31(46,47)48;3-2(4,5)1(6)7/h2-10,17,21H,11-16,49H2,1H3,(H,50,51);(H,6,7)/t17-,21+;/m1./s1. The molecule has 2 aromatic rings. The maximum Gasteiger partial charge on any atom is 0.490 e. The number of carboxylic acids is 1. The number of carbonyl (C=O) groups is 3. The average molecular weight is 915 g/mol. The average Bonchev–Trinajstić information content (AvgIpc) is 3.09. The summed E-state index contributed by atoms with van der Waals surface area (Å²) in [4.78, 5) is 33.6. The van der Waals surface area contributed by atoms with Gasteiger partial charge < -0.3 is 20.9 Å². The molecule has 2 atom stereocenters. The van der Waals surface area contributed by atoms with Crippen LogP contribution in [0.3, 0.4) is 0 Å². The van der Waals surface area contributed by atoms with Crippen molar-refractivity contribution in [3.63, 3.8) is 0 Å². The lowest BCUT2D eigenvalue weighted by Gasteiger charge is -2.42. The van der Waals surface area contributed by atoms with E-state index in [2.05, 4.69) is 5.32 Å². The summed E-state index contributed by atoms with van der Waals surface area (Å²) in [6.45, 7) is 1.07. The lowest BCUT2D eigenvalue weighted by molar-refractivity contribution is -0.461. The van der Waals surface area contributed by atoms with Gasteiger partial charge in [-0.1, -0.05) is 54.6 Å². The van der Waals surface area contributed by atoms with Crippen LogP contribution in [-0.4, -0.2) is 88.8 Å². The molecule has 7 nitrogen and oxygen atoms in total. The number of nitrogens with two attached hydrogens (primary N) is 1. The molecule has 0 saturated heterocycles. The van der Waals surface area contributed by atoms with Gasteiger partial charge in [0.2, 0.25) is 5.91 Å². The zero-order chi connectivity index (χ0) is 47.1. The second kappa shape index (κ2) is 19.0. The molecule has 2 aromatic carbocycles. The van der Waals surface area contributed by atoms with Crippen molar-refractivity contribution in [2.24, 2.45) is 5.73 Å². The molecule has 0 aliphatic carbocycles. The zero-order valence-corrected chi connectivity index (χ0v) is 29.8. The normalized spacial score (nSPS) is 14.7. The maximum absolute atomic E-state index is 14.3. The van der Waals surface area contributed by atoms with Crippen LogP contribution in [0, 0.1) is 0 Å². The first-order valence-electron chi connectivity index (χ1n) is 16.1. The van der Waals surface area contributed by atoms with Gasteiger partial charge in [0, 0.05) is 24.9 Å². The summed E-state index contributed by atoms with van der Waals surface area (Å²) >= 11 is 0. The van der Waals surface area contributed by atoms with Crippen molar-refractivity contribution in [2.45, 2.75) is 112 Å². The maximum atomic E-state index is 14.3. The van der Waals surface area contributed by atoms with Crippen LogP contribution in [0.5, 0.6) is 0 Å². The smallest absolute Gasteiger partial charge is 0.475 e. The third kappa shape index (κ3) is 12.3. The summed E-state index contributed by atoms with van der Waals surface area (Å²) < 4.78 is 266. The number of halogens is 20. The minimum Gasteiger partial charge on any atom is -0.475 e. The van der Waals surface area contributed by atoms with Crippen LogP contribution in [-0.2, 0) is 38.6 Å². The minimum absolute atomic E-state index is 0.0626. The van der Waals surface area contributed by atoms with Crippen LogP contribution in [0.15, 0.2) is 54.6 Å². The Morgan fingerprint density at radius 1 is 0.617 bits per heavy atom. The quantitative estimate of drug-likeness (QED) is 0.102. The predicted molar refractivity (Wildman–Crippen MR) is 164 cm³/mol. The molecule has 0 aliphatic rings. The topological polar surface area (TPSA) is 119 Å². The second-order valence-electron chi connectivity index (χ2n) is 12.8. The summed E-state index contributed by atoms with van der Waals surface area (Å²) in [6.07, 6.45) is -17.1. The van der Waals surface area contributed by atoms with Crippen molar-refractivity contribution < 1.29 is 112 Å². The molecule has 27 heteroatoms. The third-order valence-electron chi connectivity index (χ3n) is 7.79. The van der Waals surface area contributed by atoms with Crippen LogP contribution in [0.4, 0.5) is 87.8 Å². The van der Waals surface area contributed by atoms with E-state index in [0.717, 1.165) is 29.8 Å². The molecule has 0 heterocycles. The van der Waals surface area contributed by atoms with Gasteiger partial charge in [-0.3, -0.25) is 9.59 Å². The number of alkyl halides is 20. The first kappa shape index (κ1) is 53.4. The number of benzene rings is 2. The summed E-state index contributed by atoms with van der Waals surface area (Å²) in [7, 11) is 0. The van der Waals surface area contributed by atoms with E-state index < -0.39 is 109 Å². The number of esters is 1. The molecule has 0 spiro atoms. The summed E-state index contributed by atoms with van der Waals surface area (Å²) in [5.74, 6) is -60.7. The molecule has 342 valence electrons. The molecule has 60 heavy (non-hydrogen) atoms. The number of carboxylic acid groups (broad SMARTS) is 1. The molecular formula is C33H30F20N2O5. The Labute approximate surface area is 324 Å². The van der Waals surface area contributed by atoms with Crippen molar-refractivity contribution in [1.29, 1.82) is 0 Å². The number of carbonyl (C=O) groups excluding carboxylic acids is 2. The minimum atomic E-state index is -8.68. The molecular weight excluding hydrogens is 884 g/mol. The zero-order valence-electron chi connectivity index (χ0n) is 29.8. The number of nitrogens with one attached hydrogen (secondary N) is 1. The predicted octanol–water partition coefficient (Wildman–Crippen LogP) is 9.16. The lowest BCUT2D eigenvalue weighted by atomic mass is 9.87. The Hall–Kier alpha value is -4.59. The van der Waals surface area contributed by atoms with Crippen LogP contribution in [0.1, 0.15) is 42.9 Å². The van der Waals surface area contributed by atoms with Gasteiger partial charge in [-0.25, -0.2) is 4.79 Å². The molecule has 0 radical (unpaired) electrons. The molecule has 4 N–H and O–H groups in total. The van der Waals surface area contributed by atoms with Gasteiger partial charge in [-0.05, 0) is 36.5 Å². The number of hydrogen-bond donors (Lipinski definition) is 3. The van der Waals surface area contributed by atoms with Gasteiger partial charge in [0.25, 0.3) is 0 Å². The molecule has 0 unspecified atom stereocenters. The van der Waals surface area contributed by atoms with E-state index in [4.69, 9.17) is 20.4 Å². The second-order valence-corrected chi connectivity index (χ2v) is 12.8. The largest absolute Gasteiger partial charge is 0.490 e. The fraction of sp³-hybridized carbons (Fsp3) is 0.545. The highest BCUT2D eigenvalue weighted by Gasteiger charge is 2.95. The Balaban J connectivity index is 0.00000235. The molecule has 1 amide bonds. The van der Waals surface area contributed by atoms with Crippen molar-refractivity contribution in [1.82, 2.24) is 5.32 Å². The number of amides is 1. The fourth-order valence-electron chi connectivity index (χ4n) is 4.53. The monoisotopic (exact) mass is 914 g/mol. The van der Waals surface area contributed by atoms with Crippen molar-refractivity contribution >= 4 is 17.8 Å². The van der Waals surface area contributed by atoms with Gasteiger partial charge in [0.1, 0.15) is 6.61 Å². The number of ether oxygens (including phenoxy) is 1. The molecule has 0 bridgehead atoms. The highest BCUT2D eigenvalue weighted by atomic mass is 19.4. The summed E-state index contributed by atoms with van der Waals surface area (Å²) in [5, 5.41) is 9.77. The van der Waals surface area contributed by atoms with Crippen molar-refractivity contribution in [3.05, 3.63) is 71.3 Å². The molecule has 0 aromatic heterocycles. The summed E-state index contributed by atoms with van der Waals surface area (Å²) in [5.41, 5.74) is 6.00. The highest BCUT2D eigenvalue weighted by Crippen LogP contribution is 2.64. The fourth-order valence-corrected chi connectivity index (χ4v) is 4.53. The number of aryl methyl sites for hydroxylation is 1. The first-order valence-corrected chi connectivity index (χ1v) is 16.1. The summed E-state index contributed by atoms with van der Waals surface area (Å²) in [6, 6.07) is 11.1. The van der Waals surface area contributed by atoms with Gasteiger partial charge in [-0.15, -0.1) is 0 Å². The van der Waals surface area contributed by atoms with Crippen molar-refractivity contribution in [2.75, 3.05) is 0 Å². The molecule has 0 aliphatic heterocycles. The van der Waals surface area contributed by atoms with Gasteiger partial charge >= 0.3 is 65.7 Å². The Bertz CT molecular complexity index is 1730. The number of aliphatic carboxylic acids is 1. The van der Waals surface area contributed by atoms with E-state index in [1.807, 2.05) is 0 Å². The first-order chi connectivity index (χ1) is 26.8. The van der Waals surface area contributed by atoms with Crippen LogP contribution in [0.25, 0.3) is 0 Å².